The minimum atomic E-state index is -0.523. The van der Waals surface area contributed by atoms with Crippen molar-refractivity contribution in [2.75, 3.05) is 5.32 Å². The Morgan fingerprint density at radius 1 is 1.10 bits per heavy atom. The number of furan rings is 1. The highest BCUT2D eigenvalue weighted by Gasteiger charge is 2.30. The van der Waals surface area contributed by atoms with E-state index in [-0.39, 0.29) is 23.7 Å². The first-order chi connectivity index (χ1) is 13.8. The first kappa shape index (κ1) is 18.9. The van der Waals surface area contributed by atoms with E-state index in [0.29, 0.717) is 23.4 Å². The molecule has 0 spiro atoms. The molecule has 0 unspecified atom stereocenters. The lowest BCUT2D eigenvalue weighted by atomic mass is 9.84. The Balaban J connectivity index is 1.65. The molecule has 1 atom stereocenters. The van der Waals surface area contributed by atoms with Crippen molar-refractivity contribution in [3.63, 3.8) is 0 Å². The number of aryl methyl sites for hydroxylation is 3. The van der Waals surface area contributed by atoms with Crippen LogP contribution in [0.1, 0.15) is 61.2 Å². The van der Waals surface area contributed by atoms with Crippen LogP contribution in [0.25, 0.3) is 0 Å². The van der Waals surface area contributed by atoms with Crippen LogP contribution in [0.5, 0.6) is 0 Å². The second kappa shape index (κ2) is 7.20. The second-order valence-corrected chi connectivity index (χ2v) is 7.68. The maximum Gasteiger partial charge on any atom is 0.261 e. The van der Waals surface area contributed by atoms with Gasteiger partial charge in [0.2, 0.25) is 0 Å². The maximum atomic E-state index is 12.8. The number of Topliss-reactive ketones (excluding diaryl/α,β-unsaturated/α-hetero) is 1. The number of carbonyl (C=O) groups excluding carboxylic acids is 2. The van der Waals surface area contributed by atoms with Gasteiger partial charge in [0.15, 0.2) is 5.78 Å². The molecule has 0 radical (unpaired) electrons. The zero-order valence-corrected chi connectivity index (χ0v) is 16.6. The zero-order valence-electron chi connectivity index (χ0n) is 16.6. The van der Waals surface area contributed by atoms with E-state index in [1.807, 2.05) is 39.0 Å². The number of benzene rings is 1. The normalized spacial score (nSPS) is 15.8. The van der Waals surface area contributed by atoms with E-state index < -0.39 is 11.5 Å². The quantitative estimate of drug-likeness (QED) is 0.705. The predicted molar refractivity (Wildman–Crippen MR) is 110 cm³/mol. The van der Waals surface area contributed by atoms with Gasteiger partial charge in [0.05, 0.1) is 6.26 Å². The molecule has 1 amide bonds. The van der Waals surface area contributed by atoms with E-state index in [4.69, 9.17) is 4.42 Å². The van der Waals surface area contributed by atoms with Crippen molar-refractivity contribution in [1.82, 2.24) is 4.98 Å². The minimum Gasteiger partial charge on any atom is -0.469 e. The molecular formula is C23H22N2O4. The van der Waals surface area contributed by atoms with Gasteiger partial charge in [-0.2, -0.15) is 0 Å². The lowest BCUT2D eigenvalue weighted by molar-refractivity contribution is 0.0959. The van der Waals surface area contributed by atoms with Crippen LogP contribution in [-0.2, 0) is 6.42 Å². The van der Waals surface area contributed by atoms with Crippen LogP contribution in [0.4, 0.5) is 5.69 Å². The first-order valence-electron chi connectivity index (χ1n) is 9.55. The summed E-state index contributed by atoms with van der Waals surface area (Å²) in [4.78, 5) is 40.8. The summed E-state index contributed by atoms with van der Waals surface area (Å²) >= 11 is 0. The summed E-state index contributed by atoms with van der Waals surface area (Å²) in [6.45, 7) is 5.80. The van der Waals surface area contributed by atoms with E-state index in [0.717, 1.165) is 22.5 Å². The summed E-state index contributed by atoms with van der Waals surface area (Å²) in [6.07, 6.45) is 2.34. The lowest BCUT2D eigenvalue weighted by Crippen LogP contribution is -2.29. The number of pyridine rings is 1. The highest BCUT2D eigenvalue weighted by Crippen LogP contribution is 2.32. The zero-order chi connectivity index (χ0) is 20.7. The molecule has 2 aromatic heterocycles. The van der Waals surface area contributed by atoms with Gasteiger partial charge in [-0.25, -0.2) is 0 Å². The topological polar surface area (TPSA) is 92.2 Å². The molecule has 4 rings (SSSR count). The fourth-order valence-corrected chi connectivity index (χ4v) is 4.08. The van der Waals surface area contributed by atoms with Crippen molar-refractivity contribution in [3.05, 3.63) is 86.2 Å². The third kappa shape index (κ3) is 3.53. The van der Waals surface area contributed by atoms with Crippen molar-refractivity contribution in [1.29, 1.82) is 0 Å². The summed E-state index contributed by atoms with van der Waals surface area (Å²) in [6, 6.07) is 8.97. The van der Waals surface area contributed by atoms with Crippen LogP contribution in [0, 0.1) is 20.8 Å². The summed E-state index contributed by atoms with van der Waals surface area (Å²) in [7, 11) is 0. The Bertz CT molecular complexity index is 1150. The van der Waals surface area contributed by atoms with Gasteiger partial charge >= 0.3 is 0 Å². The van der Waals surface area contributed by atoms with Gasteiger partial charge in [-0.1, -0.05) is 17.7 Å². The average Bonchev–Trinajstić information content (AvgIpc) is 3.18. The number of aromatic amines is 1. The van der Waals surface area contributed by atoms with Crippen molar-refractivity contribution in [3.8, 4) is 0 Å². The SMILES string of the molecule is Cc1cc(C)c(NC(=O)c2cc3c([nH]c2=O)C[C@H](c2ccco2)CC3=O)c(C)c1. The summed E-state index contributed by atoms with van der Waals surface area (Å²) in [5.41, 5.74) is 4.00. The molecule has 1 aromatic carbocycles. The molecule has 0 aliphatic heterocycles. The number of carbonyl (C=O) groups is 2. The number of fused-ring (bicyclic) bond motifs is 1. The standard InChI is InChI=1S/C23H22N2O4/c1-12-7-13(2)21(14(3)8-12)25-23(28)17-11-16-18(24-22(17)27)9-15(10-19(16)26)20-5-4-6-29-20/h4-8,11,15H,9-10H2,1-3H3,(H,24,27)(H,25,28)/t15-/m0/s1. The highest BCUT2D eigenvalue weighted by molar-refractivity contribution is 6.07. The van der Waals surface area contributed by atoms with Crippen molar-refractivity contribution in [2.24, 2.45) is 0 Å². The second-order valence-electron chi connectivity index (χ2n) is 7.68. The number of anilines is 1. The lowest BCUT2D eigenvalue weighted by Gasteiger charge is -2.22. The molecule has 29 heavy (non-hydrogen) atoms. The van der Waals surface area contributed by atoms with Gasteiger partial charge in [-0.3, -0.25) is 14.4 Å². The smallest absolute Gasteiger partial charge is 0.261 e. The van der Waals surface area contributed by atoms with Crippen molar-refractivity contribution < 1.29 is 14.0 Å². The number of hydrogen-bond donors (Lipinski definition) is 2. The summed E-state index contributed by atoms with van der Waals surface area (Å²) in [5, 5.41) is 2.83. The molecule has 0 saturated carbocycles. The van der Waals surface area contributed by atoms with Crippen LogP contribution < -0.4 is 10.9 Å². The van der Waals surface area contributed by atoms with Gasteiger partial charge in [0.25, 0.3) is 11.5 Å². The van der Waals surface area contributed by atoms with Crippen molar-refractivity contribution >= 4 is 17.4 Å². The fraction of sp³-hybridized carbons (Fsp3) is 0.261. The molecule has 2 N–H and O–H groups in total. The van der Waals surface area contributed by atoms with E-state index in [1.54, 1.807) is 12.3 Å². The Labute approximate surface area is 168 Å². The van der Waals surface area contributed by atoms with Crippen LogP contribution >= 0.6 is 0 Å². The Morgan fingerprint density at radius 2 is 1.83 bits per heavy atom. The number of amides is 1. The molecule has 1 aliphatic carbocycles. The van der Waals surface area contributed by atoms with Crippen LogP contribution in [-0.4, -0.2) is 16.7 Å². The van der Waals surface area contributed by atoms with E-state index in [1.165, 1.54) is 6.07 Å². The molecule has 1 aliphatic rings. The van der Waals surface area contributed by atoms with Gasteiger partial charge in [-0.15, -0.1) is 0 Å². The number of aromatic nitrogens is 1. The molecular weight excluding hydrogens is 368 g/mol. The first-order valence-corrected chi connectivity index (χ1v) is 9.55. The van der Waals surface area contributed by atoms with E-state index >= 15 is 0 Å². The fourth-order valence-electron chi connectivity index (χ4n) is 4.08. The Morgan fingerprint density at radius 3 is 2.48 bits per heavy atom. The summed E-state index contributed by atoms with van der Waals surface area (Å²) in [5.74, 6) is -0.0270. The van der Waals surface area contributed by atoms with E-state index in [9.17, 15) is 14.4 Å². The van der Waals surface area contributed by atoms with Gasteiger partial charge in [0.1, 0.15) is 11.3 Å². The number of H-pyrrole nitrogens is 1. The van der Waals surface area contributed by atoms with Gasteiger partial charge in [0, 0.05) is 29.3 Å². The minimum absolute atomic E-state index is 0.0621. The molecule has 0 saturated heterocycles. The average molecular weight is 390 g/mol. The van der Waals surface area contributed by atoms with E-state index in [2.05, 4.69) is 10.3 Å². The maximum absolute atomic E-state index is 12.8. The van der Waals surface area contributed by atoms with Crippen LogP contribution in [0.15, 0.2) is 45.8 Å². The largest absolute Gasteiger partial charge is 0.469 e. The molecule has 3 aromatic rings. The predicted octanol–water partition coefficient (Wildman–Crippen LogP) is 4.06. The number of ketones is 1. The van der Waals surface area contributed by atoms with Gasteiger partial charge in [-0.05, 0) is 56.5 Å². The van der Waals surface area contributed by atoms with Crippen LogP contribution in [0.3, 0.4) is 0 Å². The Kier molecular flexibility index (Phi) is 4.70. The molecule has 0 bridgehead atoms. The molecule has 6 nitrogen and oxygen atoms in total. The highest BCUT2D eigenvalue weighted by atomic mass is 16.3. The molecule has 2 heterocycles. The summed E-state index contributed by atoms with van der Waals surface area (Å²) < 4.78 is 5.42. The molecule has 0 fully saturated rings. The van der Waals surface area contributed by atoms with Crippen molar-refractivity contribution in [2.45, 2.75) is 39.5 Å². The molecule has 148 valence electrons. The number of nitrogens with one attached hydrogen (secondary N) is 2. The third-order valence-corrected chi connectivity index (χ3v) is 5.41. The Hall–Kier alpha value is -3.41. The van der Waals surface area contributed by atoms with Gasteiger partial charge < -0.3 is 14.7 Å². The number of hydrogen-bond acceptors (Lipinski definition) is 4. The molecule has 6 heteroatoms. The third-order valence-electron chi connectivity index (χ3n) is 5.41. The monoisotopic (exact) mass is 390 g/mol. The van der Waals surface area contributed by atoms with Crippen LogP contribution in [0.2, 0.25) is 0 Å². The number of rotatable bonds is 3.